The van der Waals surface area contributed by atoms with Gasteiger partial charge in [-0.25, -0.2) is 0 Å². The molecule has 1 aliphatic heterocycles. The molecule has 0 radical (unpaired) electrons. The zero-order valence-corrected chi connectivity index (χ0v) is 7.09. The Balaban J connectivity index is 2.01. The Bertz CT molecular complexity index is 72.8. The Hall–Kier alpha value is 0.650. The first-order chi connectivity index (χ1) is 3.79. The minimum Gasteiger partial charge on any atom is -0.381 e. The van der Waals surface area contributed by atoms with Crippen LogP contribution < -0.4 is 0 Å². The number of hydrogen-bond donors (Lipinski definition) is 0. The van der Waals surface area contributed by atoms with Crippen LogP contribution in [0, 0.1) is 5.92 Å². The molecule has 0 N–H and O–H groups in total. The molecule has 0 aromatic rings. The molecule has 0 saturated carbocycles. The summed E-state index contributed by atoms with van der Waals surface area (Å²) in [5.74, 6) is 0.803. The summed E-state index contributed by atoms with van der Waals surface area (Å²) in [6.45, 7) is 3.10. The second-order valence-corrected chi connectivity index (χ2v) is 3.84. The van der Waals surface area contributed by atoms with Gasteiger partial charge in [-0.1, -0.05) is 0 Å². The highest BCUT2D eigenvalue weighted by Crippen LogP contribution is 2.12. The third-order valence-electron chi connectivity index (χ3n) is 1.22. The summed E-state index contributed by atoms with van der Waals surface area (Å²) in [6.07, 6.45) is 0. The van der Waals surface area contributed by atoms with Gasteiger partial charge in [0.1, 0.15) is 0 Å². The zero-order chi connectivity index (χ0) is 5.98. The quantitative estimate of drug-likeness (QED) is 0.513. The zero-order valence-electron chi connectivity index (χ0n) is 4.93. The Morgan fingerprint density at radius 3 is 2.50 bits per heavy atom. The smallest absolute Gasteiger partial charge is 0.0529 e. The summed E-state index contributed by atoms with van der Waals surface area (Å²) >= 11 is 2.29. The maximum absolute atomic E-state index is 5.01. The third-order valence-corrected chi connectivity index (χ3v) is 1.61. The molecule has 48 valence electrons. The van der Waals surface area contributed by atoms with Crippen molar-refractivity contribution in [2.24, 2.45) is 5.92 Å². The molecule has 1 rings (SSSR count). The number of ether oxygens (including phenoxy) is 1. The van der Waals surface area contributed by atoms with Crippen molar-refractivity contribution in [3.05, 3.63) is 0 Å². The summed E-state index contributed by atoms with van der Waals surface area (Å²) < 4.78 is 7.18. The lowest BCUT2D eigenvalue weighted by Gasteiger charge is -2.27. The number of nitrogens with zero attached hydrogens (tertiary/aromatic N) is 1. The van der Waals surface area contributed by atoms with Crippen molar-refractivity contribution < 1.29 is 4.74 Å². The molecular formula is C5H10INO. The van der Waals surface area contributed by atoms with Crippen LogP contribution in [0.25, 0.3) is 0 Å². The van der Waals surface area contributed by atoms with Crippen LogP contribution in [0.3, 0.4) is 0 Å². The lowest BCUT2D eigenvalue weighted by molar-refractivity contribution is -0.0348. The van der Waals surface area contributed by atoms with Crippen LogP contribution in [0.4, 0.5) is 0 Å². The molecule has 1 aliphatic rings. The maximum atomic E-state index is 5.01. The minimum atomic E-state index is 0.803. The topological polar surface area (TPSA) is 12.5 Å². The number of halogens is 1. The van der Waals surface area contributed by atoms with Crippen LogP contribution in [0.2, 0.25) is 0 Å². The summed E-state index contributed by atoms with van der Waals surface area (Å²) in [5, 5.41) is 0. The van der Waals surface area contributed by atoms with E-state index in [0.717, 1.165) is 19.1 Å². The van der Waals surface area contributed by atoms with E-state index >= 15 is 0 Å². The average molecular weight is 227 g/mol. The second kappa shape index (κ2) is 2.98. The fourth-order valence-corrected chi connectivity index (χ4v) is 1.30. The van der Waals surface area contributed by atoms with Crippen molar-refractivity contribution in [1.29, 1.82) is 0 Å². The highest BCUT2D eigenvalue weighted by Gasteiger charge is 2.18. The molecule has 0 unspecified atom stereocenters. The molecule has 1 saturated heterocycles. The maximum Gasteiger partial charge on any atom is 0.0529 e. The molecule has 0 atom stereocenters. The summed E-state index contributed by atoms with van der Waals surface area (Å²) in [5.41, 5.74) is 0. The monoisotopic (exact) mass is 227 g/mol. The Labute approximate surface area is 63.7 Å². The Kier molecular flexibility index (Phi) is 2.52. The van der Waals surface area contributed by atoms with E-state index in [2.05, 4.69) is 33.0 Å². The molecule has 2 nitrogen and oxygen atoms in total. The molecule has 0 aromatic heterocycles. The molecule has 0 bridgehead atoms. The summed E-state index contributed by atoms with van der Waals surface area (Å²) in [4.78, 5) is 0. The molecular weight excluding hydrogens is 217 g/mol. The minimum absolute atomic E-state index is 0.803. The van der Waals surface area contributed by atoms with Gasteiger partial charge in [-0.15, -0.1) is 0 Å². The van der Waals surface area contributed by atoms with Gasteiger partial charge in [0, 0.05) is 35.3 Å². The van der Waals surface area contributed by atoms with Gasteiger partial charge in [0.25, 0.3) is 0 Å². The molecule has 3 heteroatoms. The van der Waals surface area contributed by atoms with E-state index in [1.165, 1.54) is 6.54 Å². The normalized spacial score (nSPS) is 21.4. The SMILES string of the molecule is CN(I)CC1COC1. The van der Waals surface area contributed by atoms with Gasteiger partial charge < -0.3 is 4.74 Å². The predicted molar refractivity (Wildman–Crippen MR) is 41.0 cm³/mol. The van der Waals surface area contributed by atoms with E-state index < -0.39 is 0 Å². The highest BCUT2D eigenvalue weighted by molar-refractivity contribution is 14.1. The summed E-state index contributed by atoms with van der Waals surface area (Å²) in [6, 6.07) is 0. The molecule has 0 amide bonds. The van der Waals surface area contributed by atoms with E-state index in [9.17, 15) is 0 Å². The average Bonchev–Trinajstić information content (AvgIpc) is 1.55. The first-order valence-corrected chi connectivity index (χ1v) is 3.70. The van der Waals surface area contributed by atoms with Crippen molar-refractivity contribution in [3.63, 3.8) is 0 Å². The van der Waals surface area contributed by atoms with Crippen molar-refractivity contribution in [3.8, 4) is 0 Å². The number of rotatable bonds is 2. The van der Waals surface area contributed by atoms with Gasteiger partial charge in [0.2, 0.25) is 0 Å². The van der Waals surface area contributed by atoms with E-state index in [1.807, 2.05) is 0 Å². The lowest BCUT2D eigenvalue weighted by Crippen LogP contribution is -2.34. The first-order valence-electron chi connectivity index (χ1n) is 2.73. The van der Waals surface area contributed by atoms with Crippen LogP contribution in [-0.4, -0.2) is 29.9 Å². The van der Waals surface area contributed by atoms with Crippen LogP contribution >= 0.6 is 22.9 Å². The largest absolute Gasteiger partial charge is 0.381 e. The molecule has 1 fully saturated rings. The van der Waals surface area contributed by atoms with Crippen LogP contribution in [0.15, 0.2) is 0 Å². The molecule has 8 heavy (non-hydrogen) atoms. The second-order valence-electron chi connectivity index (χ2n) is 2.19. The van der Waals surface area contributed by atoms with Gasteiger partial charge in [0.15, 0.2) is 0 Å². The Morgan fingerprint density at radius 2 is 2.38 bits per heavy atom. The Morgan fingerprint density at radius 1 is 1.75 bits per heavy atom. The molecule has 1 heterocycles. The van der Waals surface area contributed by atoms with Gasteiger partial charge in [-0.05, 0) is 7.05 Å². The fourth-order valence-electron chi connectivity index (χ4n) is 0.746. The van der Waals surface area contributed by atoms with Crippen LogP contribution in [-0.2, 0) is 4.74 Å². The number of hydrogen-bond acceptors (Lipinski definition) is 2. The third kappa shape index (κ3) is 1.87. The standard InChI is InChI=1S/C5H10INO/c1-7(6)2-5-3-8-4-5/h5H,2-4H2,1H3. The van der Waals surface area contributed by atoms with E-state index in [0.29, 0.717) is 0 Å². The van der Waals surface area contributed by atoms with Crippen molar-refractivity contribution in [2.75, 3.05) is 26.8 Å². The van der Waals surface area contributed by atoms with Crippen LogP contribution in [0.1, 0.15) is 0 Å². The van der Waals surface area contributed by atoms with E-state index in [-0.39, 0.29) is 0 Å². The lowest BCUT2D eigenvalue weighted by atomic mass is 10.1. The van der Waals surface area contributed by atoms with Crippen molar-refractivity contribution in [1.82, 2.24) is 3.11 Å². The fraction of sp³-hybridized carbons (Fsp3) is 1.00. The van der Waals surface area contributed by atoms with Gasteiger partial charge >= 0.3 is 0 Å². The predicted octanol–water partition coefficient (Wildman–Crippen LogP) is 0.915. The van der Waals surface area contributed by atoms with E-state index in [4.69, 9.17) is 4.74 Å². The summed E-state index contributed by atoms with van der Waals surface area (Å²) in [7, 11) is 2.08. The first kappa shape index (κ1) is 6.77. The highest BCUT2D eigenvalue weighted by atomic mass is 127. The van der Waals surface area contributed by atoms with Gasteiger partial charge in [0.05, 0.1) is 13.2 Å². The molecule has 0 aliphatic carbocycles. The van der Waals surface area contributed by atoms with Gasteiger partial charge in [-0.3, -0.25) is 3.11 Å². The van der Waals surface area contributed by atoms with Crippen molar-refractivity contribution >= 4 is 22.9 Å². The van der Waals surface area contributed by atoms with Crippen molar-refractivity contribution in [2.45, 2.75) is 0 Å². The van der Waals surface area contributed by atoms with E-state index in [1.54, 1.807) is 0 Å². The van der Waals surface area contributed by atoms with Gasteiger partial charge in [-0.2, -0.15) is 0 Å². The van der Waals surface area contributed by atoms with Crippen LogP contribution in [0.5, 0.6) is 0 Å². The molecule has 0 spiro atoms. The molecule has 0 aromatic carbocycles.